The first-order chi connectivity index (χ1) is 25.1. The van der Waals surface area contributed by atoms with Crippen molar-refractivity contribution >= 4 is 11.9 Å². The summed E-state index contributed by atoms with van der Waals surface area (Å²) < 4.78 is 51.7. The molecule has 1 heterocycles. The number of hydrogen-bond acceptors (Lipinski definition) is 6. The predicted octanol–water partition coefficient (Wildman–Crippen LogP) is 12.4. The van der Waals surface area contributed by atoms with E-state index in [-0.39, 0.29) is 17.5 Å². The molecular weight excluding hydrogens is 669 g/mol. The van der Waals surface area contributed by atoms with Gasteiger partial charge in [-0.1, -0.05) is 135 Å². The van der Waals surface area contributed by atoms with Gasteiger partial charge in [-0.05, 0) is 54.7 Å². The summed E-state index contributed by atoms with van der Waals surface area (Å²) >= 11 is 0. The highest BCUT2D eigenvalue weighted by molar-refractivity contribution is 5.97. The zero-order valence-corrected chi connectivity index (χ0v) is 31.0. The molecule has 286 valence electrons. The lowest BCUT2D eigenvalue weighted by molar-refractivity contribution is -0.206. The van der Waals surface area contributed by atoms with Crippen LogP contribution < -0.4 is 4.74 Å². The molecular formula is C42H57F3N2O5. The number of unbranched alkanes of at least 4 members (excludes halogenated alkanes) is 16. The Morgan fingerprint density at radius 3 is 1.71 bits per heavy atom. The first kappa shape index (κ1) is 42.5. The van der Waals surface area contributed by atoms with Crippen LogP contribution in [0, 0.1) is 0 Å². The second-order valence-corrected chi connectivity index (χ2v) is 13.6. The third-order valence-corrected chi connectivity index (χ3v) is 9.27. The van der Waals surface area contributed by atoms with Crippen molar-refractivity contribution in [1.82, 2.24) is 9.97 Å². The van der Waals surface area contributed by atoms with E-state index in [9.17, 15) is 27.9 Å². The number of benzene rings is 2. The zero-order chi connectivity index (χ0) is 37.6. The van der Waals surface area contributed by atoms with E-state index in [1.54, 1.807) is 24.5 Å². The summed E-state index contributed by atoms with van der Waals surface area (Å²) in [6, 6.07) is 10.4. The van der Waals surface area contributed by atoms with Gasteiger partial charge in [-0.3, -0.25) is 0 Å². The Bertz CT molecular complexity index is 1460. The minimum atomic E-state index is -4.67. The van der Waals surface area contributed by atoms with Gasteiger partial charge in [0.15, 0.2) is 17.7 Å². The molecule has 0 saturated carbocycles. The Hall–Kier alpha value is -3.95. The Balaban J connectivity index is 1.53. The molecule has 7 nitrogen and oxygen atoms in total. The van der Waals surface area contributed by atoms with Crippen molar-refractivity contribution < 1.29 is 37.3 Å². The number of aromatic nitrogens is 2. The highest BCUT2D eigenvalue weighted by Crippen LogP contribution is 2.31. The summed E-state index contributed by atoms with van der Waals surface area (Å²) in [5.74, 6) is -1.31. The van der Waals surface area contributed by atoms with E-state index in [0.29, 0.717) is 47.7 Å². The molecule has 0 fully saturated rings. The topological polar surface area (TPSA) is 98.6 Å². The van der Waals surface area contributed by atoms with Crippen molar-refractivity contribution in [2.24, 2.45) is 0 Å². The molecule has 1 aromatic heterocycles. The molecule has 0 amide bonds. The van der Waals surface area contributed by atoms with Crippen molar-refractivity contribution in [2.75, 3.05) is 6.61 Å². The predicted molar refractivity (Wildman–Crippen MR) is 200 cm³/mol. The summed E-state index contributed by atoms with van der Waals surface area (Å²) in [6.45, 7) is 4.89. The molecule has 0 saturated heterocycles. The number of nitrogens with zero attached hydrogens (tertiary/aromatic N) is 2. The van der Waals surface area contributed by atoms with E-state index in [1.807, 2.05) is 0 Å². The van der Waals surface area contributed by atoms with E-state index in [2.05, 4.69) is 23.8 Å². The van der Waals surface area contributed by atoms with E-state index in [1.165, 1.54) is 94.5 Å². The van der Waals surface area contributed by atoms with E-state index in [4.69, 9.17) is 9.47 Å². The molecule has 2 aromatic carbocycles. The number of esters is 1. The second kappa shape index (κ2) is 23.6. The van der Waals surface area contributed by atoms with Gasteiger partial charge in [-0.25, -0.2) is 19.6 Å². The smallest absolute Gasteiger partial charge is 0.425 e. The van der Waals surface area contributed by atoms with Crippen LogP contribution in [0.1, 0.15) is 157 Å². The quantitative estimate of drug-likeness (QED) is 0.0649. The highest BCUT2D eigenvalue weighted by atomic mass is 19.4. The van der Waals surface area contributed by atoms with Gasteiger partial charge in [0, 0.05) is 5.56 Å². The lowest BCUT2D eigenvalue weighted by Crippen LogP contribution is -2.33. The summed E-state index contributed by atoms with van der Waals surface area (Å²) in [7, 11) is 0. The number of rotatable bonds is 26. The fourth-order valence-corrected chi connectivity index (χ4v) is 6.16. The van der Waals surface area contributed by atoms with Crippen LogP contribution in [0.4, 0.5) is 13.2 Å². The maximum Gasteiger partial charge on any atom is 0.425 e. The van der Waals surface area contributed by atoms with Crippen LogP contribution in [0.25, 0.3) is 22.5 Å². The van der Waals surface area contributed by atoms with E-state index < -0.39 is 24.2 Å². The van der Waals surface area contributed by atoms with Crippen LogP contribution >= 0.6 is 0 Å². The van der Waals surface area contributed by atoms with Crippen LogP contribution in [-0.4, -0.2) is 45.9 Å². The molecule has 0 aliphatic heterocycles. The number of aromatic carboxylic acids is 1. The molecule has 0 aliphatic carbocycles. The molecule has 3 rings (SSSR count). The monoisotopic (exact) mass is 726 g/mol. The Morgan fingerprint density at radius 2 is 1.19 bits per heavy atom. The molecule has 1 atom stereocenters. The van der Waals surface area contributed by atoms with Gasteiger partial charge >= 0.3 is 18.1 Å². The SMILES string of the molecule is CCCCCCCCCCCCCCOc1cnc(-c2ccc(C(=O)O)c(-c3ccc(C(=O)O[C@H](CCCCCCCC)C(F)(F)F)cc3)c2)nc1. The van der Waals surface area contributed by atoms with Gasteiger partial charge in [0.2, 0.25) is 0 Å². The van der Waals surface area contributed by atoms with Gasteiger partial charge in [0.1, 0.15) is 0 Å². The van der Waals surface area contributed by atoms with Gasteiger partial charge in [-0.2, -0.15) is 13.2 Å². The van der Waals surface area contributed by atoms with Gasteiger partial charge < -0.3 is 14.6 Å². The molecule has 0 aliphatic rings. The van der Waals surface area contributed by atoms with Crippen LogP contribution in [0.3, 0.4) is 0 Å². The summed E-state index contributed by atoms with van der Waals surface area (Å²) in [6.07, 6.45) is 16.1. The van der Waals surface area contributed by atoms with Gasteiger partial charge in [0.05, 0.1) is 30.1 Å². The number of alkyl halides is 3. The van der Waals surface area contributed by atoms with Crippen molar-refractivity contribution in [3.05, 3.63) is 66.0 Å². The van der Waals surface area contributed by atoms with Gasteiger partial charge in [0.25, 0.3) is 0 Å². The third kappa shape index (κ3) is 15.3. The van der Waals surface area contributed by atoms with Crippen LogP contribution in [0.15, 0.2) is 54.9 Å². The summed E-state index contributed by atoms with van der Waals surface area (Å²) in [5.41, 5.74) is 1.32. The number of carboxylic acid groups (broad SMARTS) is 1. The molecule has 3 aromatic rings. The molecule has 52 heavy (non-hydrogen) atoms. The first-order valence-corrected chi connectivity index (χ1v) is 19.3. The first-order valence-electron chi connectivity index (χ1n) is 19.3. The third-order valence-electron chi connectivity index (χ3n) is 9.27. The zero-order valence-electron chi connectivity index (χ0n) is 31.0. The largest absolute Gasteiger partial charge is 0.490 e. The minimum Gasteiger partial charge on any atom is -0.490 e. The Morgan fingerprint density at radius 1 is 0.692 bits per heavy atom. The van der Waals surface area contributed by atoms with Crippen LogP contribution in [0.2, 0.25) is 0 Å². The summed E-state index contributed by atoms with van der Waals surface area (Å²) in [5, 5.41) is 9.86. The number of carbonyl (C=O) groups is 2. The lowest BCUT2D eigenvalue weighted by Gasteiger charge is -2.21. The fraction of sp³-hybridized carbons (Fsp3) is 0.571. The van der Waals surface area contributed by atoms with Crippen LogP contribution in [0.5, 0.6) is 5.75 Å². The molecule has 0 spiro atoms. The van der Waals surface area contributed by atoms with Crippen LogP contribution in [-0.2, 0) is 4.74 Å². The number of carboxylic acids is 1. The van der Waals surface area contributed by atoms with Crippen molar-refractivity contribution in [3.8, 4) is 28.3 Å². The molecule has 1 N–H and O–H groups in total. The molecule has 0 unspecified atom stereocenters. The van der Waals surface area contributed by atoms with E-state index >= 15 is 0 Å². The highest BCUT2D eigenvalue weighted by Gasteiger charge is 2.42. The number of ether oxygens (including phenoxy) is 2. The van der Waals surface area contributed by atoms with Gasteiger partial charge in [-0.15, -0.1) is 0 Å². The lowest BCUT2D eigenvalue weighted by atomic mass is 9.96. The minimum absolute atomic E-state index is 0.0116. The average Bonchev–Trinajstić information content (AvgIpc) is 3.14. The van der Waals surface area contributed by atoms with Crippen molar-refractivity contribution in [2.45, 2.75) is 148 Å². The fourth-order valence-electron chi connectivity index (χ4n) is 6.16. The summed E-state index contributed by atoms with van der Waals surface area (Å²) in [4.78, 5) is 33.6. The molecule has 0 bridgehead atoms. The maximum absolute atomic E-state index is 13.6. The molecule has 0 radical (unpaired) electrons. The van der Waals surface area contributed by atoms with Crippen molar-refractivity contribution in [1.29, 1.82) is 0 Å². The number of halogens is 3. The Kier molecular flexibility index (Phi) is 19.3. The number of carbonyl (C=O) groups excluding carboxylic acids is 1. The standard InChI is InChI=1S/C42H57F3N2O5/c1-3-5-7-9-11-12-13-14-15-16-18-20-28-51-35-30-46-39(47-31-35)34-26-27-36(40(48)49)37(29-34)32-22-24-33(25-23-32)41(50)52-38(42(43,44)45)21-19-17-10-8-6-4-2/h22-27,29-31,38H,3-21,28H2,1-2H3,(H,48,49)/t38-/m1/s1. The maximum atomic E-state index is 13.6. The van der Waals surface area contributed by atoms with E-state index in [0.717, 1.165) is 38.5 Å². The average molecular weight is 727 g/mol. The normalized spacial score (nSPS) is 12.1. The second-order valence-electron chi connectivity index (χ2n) is 13.6. The van der Waals surface area contributed by atoms with Crippen molar-refractivity contribution in [3.63, 3.8) is 0 Å². The molecule has 10 heteroatoms. The Labute approximate surface area is 307 Å². The number of hydrogen-bond donors (Lipinski definition) is 1.